The average Bonchev–Trinajstić information content (AvgIpc) is 3.37. The molecule has 1 aliphatic heterocycles. The van der Waals surface area contributed by atoms with Crippen LogP contribution in [0.3, 0.4) is 0 Å². The fraction of sp³-hybridized carbons (Fsp3) is 0.421. The second kappa shape index (κ2) is 8.21. The minimum atomic E-state index is -0.0220. The Kier molecular flexibility index (Phi) is 5.52. The quantitative estimate of drug-likeness (QED) is 0.649. The molecule has 1 aromatic carbocycles. The Hall–Kier alpha value is -2.22. The zero-order chi connectivity index (χ0) is 18.6. The highest BCUT2D eigenvalue weighted by Gasteiger charge is 2.30. The van der Waals surface area contributed by atoms with Gasteiger partial charge in [-0.25, -0.2) is 4.68 Å². The molecule has 1 fully saturated rings. The third kappa shape index (κ3) is 4.05. The molecule has 4 rings (SSSR count). The second-order valence-electron chi connectivity index (χ2n) is 6.70. The highest BCUT2D eigenvalue weighted by molar-refractivity contribution is 6.30. The van der Waals surface area contributed by atoms with Crippen molar-refractivity contribution in [3.05, 3.63) is 64.8 Å². The van der Waals surface area contributed by atoms with Gasteiger partial charge in [-0.2, -0.15) is 0 Å². The smallest absolute Gasteiger partial charge is 0.173 e. The predicted molar refractivity (Wildman–Crippen MR) is 103 cm³/mol. The summed E-state index contributed by atoms with van der Waals surface area (Å²) in [6, 6.07) is 11.8. The largest absolute Gasteiger partial charge is 0.467 e. The number of hydrogen-bond acceptors (Lipinski definition) is 6. The number of hydrogen-bond donors (Lipinski definition) is 0. The number of aromatic nitrogens is 4. The van der Waals surface area contributed by atoms with E-state index in [0.29, 0.717) is 6.54 Å². The van der Waals surface area contributed by atoms with Crippen molar-refractivity contribution in [1.82, 2.24) is 30.0 Å². The maximum absolute atomic E-state index is 6.11. The van der Waals surface area contributed by atoms with Crippen LogP contribution in [0.5, 0.6) is 0 Å². The molecule has 0 aliphatic carbocycles. The summed E-state index contributed by atoms with van der Waals surface area (Å²) in [4.78, 5) is 4.90. The van der Waals surface area contributed by atoms with Gasteiger partial charge in [-0.1, -0.05) is 30.7 Å². The van der Waals surface area contributed by atoms with E-state index in [2.05, 4.69) is 44.4 Å². The number of halogens is 1. The van der Waals surface area contributed by atoms with E-state index in [-0.39, 0.29) is 6.04 Å². The number of rotatable bonds is 6. The van der Waals surface area contributed by atoms with Crippen LogP contribution >= 0.6 is 11.6 Å². The lowest BCUT2D eigenvalue weighted by atomic mass is 10.0. The van der Waals surface area contributed by atoms with Gasteiger partial charge < -0.3 is 9.32 Å². The van der Waals surface area contributed by atoms with Gasteiger partial charge in [0.1, 0.15) is 12.3 Å². The monoisotopic (exact) mass is 386 g/mol. The molecule has 0 unspecified atom stereocenters. The topological polar surface area (TPSA) is 63.2 Å². The van der Waals surface area contributed by atoms with Gasteiger partial charge in [0, 0.05) is 31.2 Å². The van der Waals surface area contributed by atoms with Crippen LogP contribution in [0, 0.1) is 0 Å². The van der Waals surface area contributed by atoms with Crippen molar-refractivity contribution in [2.45, 2.75) is 19.5 Å². The van der Waals surface area contributed by atoms with Crippen LogP contribution in [-0.4, -0.2) is 62.7 Å². The van der Waals surface area contributed by atoms with Crippen molar-refractivity contribution in [1.29, 1.82) is 0 Å². The molecule has 2 aromatic heterocycles. The van der Waals surface area contributed by atoms with E-state index in [4.69, 9.17) is 16.0 Å². The van der Waals surface area contributed by atoms with Gasteiger partial charge in [0.2, 0.25) is 0 Å². The molecule has 0 bridgehead atoms. The summed E-state index contributed by atoms with van der Waals surface area (Å²) in [5.41, 5.74) is 1.14. The average molecular weight is 387 g/mol. The zero-order valence-corrected chi connectivity index (χ0v) is 16.1. The van der Waals surface area contributed by atoms with Gasteiger partial charge in [-0.3, -0.25) is 4.90 Å². The minimum absolute atomic E-state index is 0.0220. The Labute approximate surface area is 163 Å². The summed E-state index contributed by atoms with van der Waals surface area (Å²) in [6.45, 7) is 7.81. The number of benzene rings is 1. The third-order valence-corrected chi connectivity index (χ3v) is 5.35. The number of likely N-dealkylation sites (N-methyl/N-ethyl adjacent to an activating group) is 1. The van der Waals surface area contributed by atoms with E-state index < -0.39 is 0 Å². The summed E-state index contributed by atoms with van der Waals surface area (Å²) in [5.74, 6) is 1.65. The maximum atomic E-state index is 6.11. The van der Waals surface area contributed by atoms with Crippen molar-refractivity contribution in [3.8, 4) is 0 Å². The van der Waals surface area contributed by atoms with Crippen LogP contribution in [0.15, 0.2) is 47.1 Å². The van der Waals surface area contributed by atoms with Gasteiger partial charge in [0.25, 0.3) is 0 Å². The maximum Gasteiger partial charge on any atom is 0.173 e. The van der Waals surface area contributed by atoms with Crippen molar-refractivity contribution in [3.63, 3.8) is 0 Å². The highest BCUT2D eigenvalue weighted by Crippen LogP contribution is 2.29. The Morgan fingerprint density at radius 2 is 1.89 bits per heavy atom. The van der Waals surface area contributed by atoms with E-state index in [1.54, 1.807) is 6.26 Å². The van der Waals surface area contributed by atoms with Crippen LogP contribution in [0.1, 0.15) is 30.1 Å². The van der Waals surface area contributed by atoms with Gasteiger partial charge in [-0.15, -0.1) is 5.10 Å². The molecule has 0 N–H and O–H groups in total. The van der Waals surface area contributed by atoms with Crippen molar-refractivity contribution < 1.29 is 4.42 Å². The van der Waals surface area contributed by atoms with Gasteiger partial charge >= 0.3 is 0 Å². The lowest BCUT2D eigenvalue weighted by molar-refractivity contribution is 0.108. The first-order valence-electron chi connectivity index (χ1n) is 9.25. The molecule has 1 atom stereocenters. The molecule has 0 radical (unpaired) electrons. The molecule has 7 nitrogen and oxygen atoms in total. The van der Waals surface area contributed by atoms with Crippen molar-refractivity contribution >= 4 is 11.6 Å². The first-order chi connectivity index (χ1) is 13.2. The molecule has 3 heterocycles. The molecule has 8 heteroatoms. The number of nitrogens with zero attached hydrogens (tertiary/aromatic N) is 6. The lowest BCUT2D eigenvalue weighted by Gasteiger charge is -2.38. The third-order valence-electron chi connectivity index (χ3n) is 5.09. The molecule has 3 aromatic rings. The molecule has 27 heavy (non-hydrogen) atoms. The molecule has 0 amide bonds. The van der Waals surface area contributed by atoms with Crippen molar-refractivity contribution in [2.24, 2.45) is 0 Å². The summed E-state index contributed by atoms with van der Waals surface area (Å²) in [5, 5.41) is 13.3. The SMILES string of the molecule is CCN1CCN([C@@H](c2ccc(Cl)cc2)c2nnnn2Cc2ccco2)CC1. The standard InChI is InChI=1S/C19H23ClN6O/c1-2-24-9-11-25(12-10-24)18(15-5-7-16(20)8-6-15)19-21-22-23-26(19)14-17-4-3-13-27-17/h3-8,13,18H,2,9-12,14H2,1H3/t18-/m0/s1. The van der Waals surface area contributed by atoms with Crippen LogP contribution < -0.4 is 0 Å². The summed E-state index contributed by atoms with van der Waals surface area (Å²) >= 11 is 6.11. The number of furan rings is 1. The first kappa shape index (κ1) is 18.2. The Balaban J connectivity index is 1.66. The van der Waals surface area contributed by atoms with Crippen molar-refractivity contribution in [2.75, 3.05) is 32.7 Å². The minimum Gasteiger partial charge on any atom is -0.467 e. The van der Waals surface area contributed by atoms with Crippen LogP contribution in [-0.2, 0) is 6.54 Å². The fourth-order valence-electron chi connectivity index (χ4n) is 3.58. The summed E-state index contributed by atoms with van der Waals surface area (Å²) in [6.07, 6.45) is 1.67. The Morgan fingerprint density at radius 1 is 1.11 bits per heavy atom. The molecule has 0 saturated carbocycles. The second-order valence-corrected chi connectivity index (χ2v) is 7.13. The number of piperazine rings is 1. The van der Waals surface area contributed by atoms with Crippen LogP contribution in [0.4, 0.5) is 0 Å². The molecule has 0 spiro atoms. The molecule has 1 aliphatic rings. The van der Waals surface area contributed by atoms with Crippen LogP contribution in [0.25, 0.3) is 0 Å². The molecule has 1 saturated heterocycles. The molecular weight excluding hydrogens is 364 g/mol. The van der Waals surface area contributed by atoms with E-state index in [1.165, 1.54) is 0 Å². The Bertz CT molecular complexity index is 839. The predicted octanol–water partition coefficient (Wildman–Crippen LogP) is 2.69. The van der Waals surface area contributed by atoms with E-state index >= 15 is 0 Å². The van der Waals surface area contributed by atoms with Crippen LogP contribution in [0.2, 0.25) is 5.02 Å². The molecular formula is C19H23ClN6O. The molecule has 142 valence electrons. The van der Waals surface area contributed by atoms with E-state index in [0.717, 1.165) is 54.9 Å². The summed E-state index contributed by atoms with van der Waals surface area (Å²) in [7, 11) is 0. The fourth-order valence-corrected chi connectivity index (χ4v) is 3.70. The van der Waals surface area contributed by atoms with Gasteiger partial charge in [0.05, 0.1) is 12.3 Å². The number of tetrazole rings is 1. The van der Waals surface area contributed by atoms with Gasteiger partial charge in [-0.05, 0) is 46.8 Å². The van der Waals surface area contributed by atoms with E-state index in [1.807, 2.05) is 28.9 Å². The highest BCUT2D eigenvalue weighted by atomic mass is 35.5. The first-order valence-corrected chi connectivity index (χ1v) is 9.62. The normalized spacial score (nSPS) is 17.3. The summed E-state index contributed by atoms with van der Waals surface area (Å²) < 4.78 is 7.31. The van der Waals surface area contributed by atoms with E-state index in [9.17, 15) is 0 Å². The zero-order valence-electron chi connectivity index (χ0n) is 15.3. The lowest BCUT2D eigenvalue weighted by Crippen LogP contribution is -2.48. The Morgan fingerprint density at radius 3 is 2.56 bits per heavy atom. The van der Waals surface area contributed by atoms with Gasteiger partial charge in [0.15, 0.2) is 5.82 Å².